The van der Waals surface area contributed by atoms with Crippen LogP contribution in [0.5, 0.6) is 0 Å². The van der Waals surface area contributed by atoms with Crippen LogP contribution >= 0.6 is 0 Å². The molecule has 0 saturated heterocycles. The van der Waals surface area contributed by atoms with Gasteiger partial charge in [0.2, 0.25) is 0 Å². The maximum Gasteiger partial charge on any atom is 0.0752 e. The number of rotatable bonds is 2. The Morgan fingerprint density at radius 1 is 1.36 bits per heavy atom. The van der Waals surface area contributed by atoms with Crippen molar-refractivity contribution in [1.29, 1.82) is 0 Å². The SMILES string of the molecule is CCC1=C(CC)C(O)CCC1. The Balaban J connectivity index is 2.77. The van der Waals surface area contributed by atoms with Gasteiger partial charge in [-0.2, -0.15) is 0 Å². The average Bonchev–Trinajstić information content (AvgIpc) is 2.04. The third kappa shape index (κ3) is 1.84. The van der Waals surface area contributed by atoms with Crippen LogP contribution in [0.2, 0.25) is 0 Å². The lowest BCUT2D eigenvalue weighted by molar-refractivity contribution is 0.184. The van der Waals surface area contributed by atoms with Crippen molar-refractivity contribution in [2.24, 2.45) is 0 Å². The van der Waals surface area contributed by atoms with Crippen molar-refractivity contribution in [1.82, 2.24) is 0 Å². The predicted octanol–water partition coefficient (Wildman–Crippen LogP) is 2.65. The normalized spacial score (nSPS) is 25.9. The van der Waals surface area contributed by atoms with Crippen LogP contribution in [0, 0.1) is 0 Å². The third-order valence-corrected chi connectivity index (χ3v) is 2.62. The van der Waals surface area contributed by atoms with Crippen LogP contribution in [0.3, 0.4) is 0 Å². The van der Waals surface area contributed by atoms with E-state index in [0.29, 0.717) is 0 Å². The van der Waals surface area contributed by atoms with Gasteiger partial charge in [-0.1, -0.05) is 19.4 Å². The molecular weight excluding hydrogens is 136 g/mol. The summed E-state index contributed by atoms with van der Waals surface area (Å²) in [5.74, 6) is 0. The number of hydrogen-bond donors (Lipinski definition) is 1. The first-order valence-corrected chi connectivity index (χ1v) is 4.68. The van der Waals surface area contributed by atoms with Gasteiger partial charge in [0, 0.05) is 0 Å². The van der Waals surface area contributed by atoms with E-state index in [2.05, 4.69) is 13.8 Å². The molecule has 1 nitrogen and oxygen atoms in total. The second-order valence-corrected chi connectivity index (χ2v) is 3.24. The molecule has 1 unspecified atom stereocenters. The molecule has 1 aliphatic rings. The van der Waals surface area contributed by atoms with Gasteiger partial charge in [0.1, 0.15) is 0 Å². The first kappa shape index (κ1) is 8.79. The van der Waals surface area contributed by atoms with Gasteiger partial charge in [0.15, 0.2) is 0 Å². The van der Waals surface area contributed by atoms with Crippen LogP contribution in [-0.4, -0.2) is 11.2 Å². The molecule has 0 radical (unpaired) electrons. The Labute approximate surface area is 69.1 Å². The molecule has 1 heteroatoms. The van der Waals surface area contributed by atoms with Gasteiger partial charge >= 0.3 is 0 Å². The van der Waals surface area contributed by atoms with Crippen LogP contribution in [0.4, 0.5) is 0 Å². The lowest BCUT2D eigenvalue weighted by Crippen LogP contribution is -2.16. The van der Waals surface area contributed by atoms with Gasteiger partial charge in [-0.3, -0.25) is 0 Å². The quantitative estimate of drug-likeness (QED) is 0.606. The van der Waals surface area contributed by atoms with E-state index in [9.17, 15) is 5.11 Å². The lowest BCUT2D eigenvalue weighted by atomic mass is 9.87. The summed E-state index contributed by atoms with van der Waals surface area (Å²) in [5, 5.41) is 9.61. The summed E-state index contributed by atoms with van der Waals surface area (Å²) in [7, 11) is 0. The van der Waals surface area contributed by atoms with Crippen LogP contribution < -0.4 is 0 Å². The molecule has 1 atom stereocenters. The topological polar surface area (TPSA) is 20.2 Å². The second-order valence-electron chi connectivity index (χ2n) is 3.24. The van der Waals surface area contributed by atoms with E-state index in [1.807, 2.05) is 0 Å². The maximum atomic E-state index is 9.61. The van der Waals surface area contributed by atoms with E-state index in [-0.39, 0.29) is 6.10 Å². The highest BCUT2D eigenvalue weighted by Crippen LogP contribution is 2.28. The highest BCUT2D eigenvalue weighted by atomic mass is 16.3. The molecular formula is C10H18O. The molecule has 0 spiro atoms. The van der Waals surface area contributed by atoms with Gasteiger partial charge in [-0.05, 0) is 37.7 Å². The molecule has 1 rings (SSSR count). The van der Waals surface area contributed by atoms with E-state index in [1.54, 1.807) is 0 Å². The predicted molar refractivity (Wildman–Crippen MR) is 47.5 cm³/mol. The summed E-state index contributed by atoms with van der Waals surface area (Å²) in [6, 6.07) is 0. The largest absolute Gasteiger partial charge is 0.389 e. The van der Waals surface area contributed by atoms with Crippen LogP contribution in [0.25, 0.3) is 0 Å². The van der Waals surface area contributed by atoms with Gasteiger partial charge in [-0.15, -0.1) is 0 Å². The molecule has 0 aromatic carbocycles. The zero-order valence-electron chi connectivity index (χ0n) is 7.56. The van der Waals surface area contributed by atoms with Gasteiger partial charge in [0.25, 0.3) is 0 Å². The minimum absolute atomic E-state index is 0.122. The molecule has 0 saturated carbocycles. The zero-order chi connectivity index (χ0) is 8.27. The Morgan fingerprint density at radius 2 is 2.09 bits per heavy atom. The standard InChI is InChI=1S/C10H18O/c1-3-8-6-5-7-10(11)9(8)4-2/h10-11H,3-7H2,1-2H3. The first-order chi connectivity index (χ1) is 5.29. The van der Waals surface area contributed by atoms with E-state index < -0.39 is 0 Å². The average molecular weight is 154 g/mol. The van der Waals surface area contributed by atoms with Gasteiger partial charge < -0.3 is 5.11 Å². The molecule has 64 valence electrons. The highest BCUT2D eigenvalue weighted by molar-refractivity contribution is 5.20. The monoisotopic (exact) mass is 154 g/mol. The van der Waals surface area contributed by atoms with E-state index in [4.69, 9.17) is 0 Å². The fourth-order valence-electron chi connectivity index (χ4n) is 1.97. The van der Waals surface area contributed by atoms with Crippen molar-refractivity contribution in [3.05, 3.63) is 11.1 Å². The van der Waals surface area contributed by atoms with Crippen molar-refractivity contribution >= 4 is 0 Å². The van der Waals surface area contributed by atoms with Crippen molar-refractivity contribution in [3.63, 3.8) is 0 Å². The van der Waals surface area contributed by atoms with Crippen molar-refractivity contribution < 1.29 is 5.11 Å². The van der Waals surface area contributed by atoms with E-state index in [0.717, 1.165) is 19.3 Å². The molecule has 11 heavy (non-hydrogen) atoms. The molecule has 0 heterocycles. The summed E-state index contributed by atoms with van der Waals surface area (Å²) < 4.78 is 0. The Bertz CT molecular complexity index is 158. The van der Waals surface area contributed by atoms with Crippen LogP contribution in [0.1, 0.15) is 46.0 Å². The zero-order valence-corrected chi connectivity index (χ0v) is 7.56. The summed E-state index contributed by atoms with van der Waals surface area (Å²) in [5.41, 5.74) is 2.82. The Kier molecular flexibility index (Phi) is 3.13. The van der Waals surface area contributed by atoms with Crippen LogP contribution in [-0.2, 0) is 0 Å². The Morgan fingerprint density at radius 3 is 2.55 bits per heavy atom. The van der Waals surface area contributed by atoms with E-state index in [1.165, 1.54) is 24.0 Å². The molecule has 0 amide bonds. The molecule has 0 aliphatic heterocycles. The minimum atomic E-state index is -0.122. The lowest BCUT2D eigenvalue weighted by Gasteiger charge is -2.23. The molecule has 0 bridgehead atoms. The van der Waals surface area contributed by atoms with Crippen LogP contribution in [0.15, 0.2) is 11.1 Å². The van der Waals surface area contributed by atoms with Gasteiger partial charge in [-0.25, -0.2) is 0 Å². The van der Waals surface area contributed by atoms with E-state index >= 15 is 0 Å². The Hall–Kier alpha value is -0.300. The second kappa shape index (κ2) is 3.91. The fourth-order valence-corrected chi connectivity index (χ4v) is 1.97. The minimum Gasteiger partial charge on any atom is -0.389 e. The highest BCUT2D eigenvalue weighted by Gasteiger charge is 2.17. The molecule has 0 fully saturated rings. The first-order valence-electron chi connectivity index (χ1n) is 4.68. The third-order valence-electron chi connectivity index (χ3n) is 2.62. The molecule has 1 N–H and O–H groups in total. The number of aliphatic hydroxyl groups excluding tert-OH is 1. The molecule has 0 aromatic rings. The summed E-state index contributed by atoms with van der Waals surface area (Å²) >= 11 is 0. The molecule has 1 aliphatic carbocycles. The summed E-state index contributed by atoms with van der Waals surface area (Å²) in [6.45, 7) is 4.32. The summed E-state index contributed by atoms with van der Waals surface area (Å²) in [4.78, 5) is 0. The van der Waals surface area contributed by atoms with Crippen molar-refractivity contribution in [3.8, 4) is 0 Å². The number of aliphatic hydroxyl groups is 1. The van der Waals surface area contributed by atoms with Gasteiger partial charge in [0.05, 0.1) is 6.10 Å². The molecule has 0 aromatic heterocycles. The van der Waals surface area contributed by atoms with Crippen molar-refractivity contribution in [2.75, 3.05) is 0 Å². The smallest absolute Gasteiger partial charge is 0.0752 e. The van der Waals surface area contributed by atoms with Crippen molar-refractivity contribution in [2.45, 2.75) is 52.1 Å². The maximum absolute atomic E-state index is 9.61. The number of hydrogen-bond acceptors (Lipinski definition) is 1. The number of allylic oxidation sites excluding steroid dienone is 1. The fraction of sp³-hybridized carbons (Fsp3) is 0.800. The summed E-state index contributed by atoms with van der Waals surface area (Å²) in [6.07, 6.45) is 5.41.